The highest BCUT2D eigenvalue weighted by atomic mass is 32.1. The molecule has 3 rings (SSSR count). The zero-order chi connectivity index (χ0) is 11.0. The Morgan fingerprint density at radius 3 is 2.94 bits per heavy atom. The molecule has 2 N–H and O–H groups in total. The van der Waals surface area contributed by atoms with Gasteiger partial charge in [-0.1, -0.05) is 6.07 Å². The first kappa shape index (κ1) is 9.48. The maximum atomic E-state index is 5.76. The molecule has 0 fully saturated rings. The van der Waals surface area contributed by atoms with E-state index in [0.29, 0.717) is 0 Å². The Morgan fingerprint density at radius 1 is 1.19 bits per heavy atom. The SMILES string of the molecule is Nc1ccc2c(ccn2Cc2cccs2)c1. The van der Waals surface area contributed by atoms with Crippen molar-refractivity contribution < 1.29 is 0 Å². The Morgan fingerprint density at radius 2 is 2.12 bits per heavy atom. The van der Waals surface area contributed by atoms with Crippen molar-refractivity contribution in [3.63, 3.8) is 0 Å². The fourth-order valence-electron chi connectivity index (χ4n) is 1.93. The lowest BCUT2D eigenvalue weighted by molar-refractivity contribution is 0.852. The number of benzene rings is 1. The average Bonchev–Trinajstić information content (AvgIpc) is 2.89. The van der Waals surface area contributed by atoms with Gasteiger partial charge in [-0.05, 0) is 35.7 Å². The monoisotopic (exact) mass is 228 g/mol. The maximum Gasteiger partial charge on any atom is 0.0569 e. The van der Waals surface area contributed by atoms with E-state index in [4.69, 9.17) is 5.73 Å². The molecule has 2 aromatic heterocycles. The lowest BCUT2D eigenvalue weighted by atomic mass is 10.2. The van der Waals surface area contributed by atoms with Crippen LogP contribution in [-0.2, 0) is 6.54 Å². The molecule has 0 atom stereocenters. The first-order valence-electron chi connectivity index (χ1n) is 5.20. The number of rotatable bonds is 2. The van der Waals surface area contributed by atoms with Gasteiger partial charge in [0.1, 0.15) is 0 Å². The summed E-state index contributed by atoms with van der Waals surface area (Å²) in [5.74, 6) is 0. The summed E-state index contributed by atoms with van der Waals surface area (Å²) in [6.45, 7) is 0.936. The molecule has 0 saturated heterocycles. The van der Waals surface area contributed by atoms with Gasteiger partial charge in [0.15, 0.2) is 0 Å². The van der Waals surface area contributed by atoms with Crippen LogP contribution in [0.15, 0.2) is 48.0 Å². The number of anilines is 1. The fourth-order valence-corrected chi connectivity index (χ4v) is 2.63. The second kappa shape index (κ2) is 3.68. The lowest BCUT2D eigenvalue weighted by Gasteiger charge is -2.03. The topological polar surface area (TPSA) is 30.9 Å². The molecule has 80 valence electrons. The molecule has 0 aliphatic carbocycles. The van der Waals surface area contributed by atoms with Gasteiger partial charge in [-0.3, -0.25) is 0 Å². The number of hydrogen-bond acceptors (Lipinski definition) is 2. The first-order valence-corrected chi connectivity index (χ1v) is 6.08. The van der Waals surface area contributed by atoms with E-state index in [1.54, 1.807) is 11.3 Å². The number of fused-ring (bicyclic) bond motifs is 1. The Bertz CT molecular complexity index is 608. The van der Waals surface area contributed by atoms with E-state index < -0.39 is 0 Å². The van der Waals surface area contributed by atoms with Crippen molar-refractivity contribution in [2.24, 2.45) is 0 Å². The third-order valence-corrected chi connectivity index (χ3v) is 3.56. The molecule has 1 aromatic carbocycles. The molecule has 0 spiro atoms. The van der Waals surface area contributed by atoms with E-state index in [0.717, 1.165) is 12.2 Å². The van der Waals surface area contributed by atoms with Crippen molar-refractivity contribution in [1.29, 1.82) is 0 Å². The summed E-state index contributed by atoms with van der Waals surface area (Å²) in [6, 6.07) is 12.4. The van der Waals surface area contributed by atoms with Crippen molar-refractivity contribution in [2.75, 3.05) is 5.73 Å². The van der Waals surface area contributed by atoms with Gasteiger partial charge < -0.3 is 10.3 Å². The largest absolute Gasteiger partial charge is 0.399 e. The van der Waals surface area contributed by atoms with Gasteiger partial charge in [-0.25, -0.2) is 0 Å². The van der Waals surface area contributed by atoms with Gasteiger partial charge >= 0.3 is 0 Å². The standard InChI is InChI=1S/C13H12N2S/c14-11-3-4-13-10(8-11)5-6-15(13)9-12-2-1-7-16-12/h1-8H,9,14H2. The van der Waals surface area contributed by atoms with Crippen LogP contribution in [-0.4, -0.2) is 4.57 Å². The third-order valence-electron chi connectivity index (χ3n) is 2.70. The summed E-state index contributed by atoms with van der Waals surface area (Å²) in [5.41, 5.74) is 7.82. The number of thiophene rings is 1. The summed E-state index contributed by atoms with van der Waals surface area (Å²) in [5, 5.41) is 3.32. The molecule has 0 radical (unpaired) electrons. The predicted octanol–water partition coefficient (Wildman–Crippen LogP) is 3.33. The summed E-state index contributed by atoms with van der Waals surface area (Å²) in [6.07, 6.45) is 2.11. The quantitative estimate of drug-likeness (QED) is 0.670. The molecule has 0 bridgehead atoms. The first-order chi connectivity index (χ1) is 7.83. The molecule has 0 aliphatic heterocycles. The van der Waals surface area contributed by atoms with Crippen LogP contribution in [0.3, 0.4) is 0 Å². The Hall–Kier alpha value is -1.74. The van der Waals surface area contributed by atoms with Gasteiger partial charge in [0, 0.05) is 27.7 Å². The number of hydrogen-bond donors (Lipinski definition) is 1. The van der Waals surface area contributed by atoms with Crippen molar-refractivity contribution in [3.05, 3.63) is 52.9 Å². The second-order valence-electron chi connectivity index (χ2n) is 3.84. The van der Waals surface area contributed by atoms with Crippen LogP contribution in [0.2, 0.25) is 0 Å². The predicted molar refractivity (Wildman–Crippen MR) is 69.8 cm³/mol. The Labute approximate surface area is 97.9 Å². The Kier molecular flexibility index (Phi) is 2.18. The van der Waals surface area contributed by atoms with Crippen molar-refractivity contribution in [2.45, 2.75) is 6.54 Å². The van der Waals surface area contributed by atoms with Crippen LogP contribution in [0.5, 0.6) is 0 Å². The summed E-state index contributed by atoms with van der Waals surface area (Å²) in [4.78, 5) is 1.37. The van der Waals surface area contributed by atoms with Crippen LogP contribution in [0.25, 0.3) is 10.9 Å². The highest BCUT2D eigenvalue weighted by molar-refractivity contribution is 7.09. The van der Waals surface area contributed by atoms with Gasteiger partial charge in [0.25, 0.3) is 0 Å². The van der Waals surface area contributed by atoms with Gasteiger partial charge in [-0.2, -0.15) is 0 Å². The van der Waals surface area contributed by atoms with Crippen molar-refractivity contribution in [1.82, 2.24) is 4.57 Å². The van der Waals surface area contributed by atoms with Gasteiger partial charge in [-0.15, -0.1) is 11.3 Å². The fraction of sp³-hybridized carbons (Fsp3) is 0.0769. The molecule has 3 aromatic rings. The van der Waals surface area contributed by atoms with Crippen molar-refractivity contribution in [3.8, 4) is 0 Å². The molecular formula is C13H12N2S. The van der Waals surface area contributed by atoms with E-state index >= 15 is 0 Å². The number of nitrogens with zero attached hydrogens (tertiary/aromatic N) is 1. The van der Waals surface area contributed by atoms with Crippen LogP contribution >= 0.6 is 11.3 Å². The third kappa shape index (κ3) is 1.59. The number of nitrogens with two attached hydrogens (primary N) is 1. The van der Waals surface area contributed by atoms with E-state index in [-0.39, 0.29) is 0 Å². The van der Waals surface area contributed by atoms with E-state index in [1.165, 1.54) is 15.8 Å². The maximum absolute atomic E-state index is 5.76. The molecule has 0 saturated carbocycles. The number of aromatic nitrogens is 1. The molecule has 0 aliphatic rings. The highest BCUT2D eigenvalue weighted by Crippen LogP contribution is 2.21. The molecule has 2 heterocycles. The zero-order valence-corrected chi connectivity index (χ0v) is 9.58. The summed E-state index contributed by atoms with van der Waals surface area (Å²) in [7, 11) is 0. The van der Waals surface area contributed by atoms with Gasteiger partial charge in [0.2, 0.25) is 0 Å². The molecule has 3 heteroatoms. The molecule has 16 heavy (non-hydrogen) atoms. The summed E-state index contributed by atoms with van der Waals surface area (Å²) < 4.78 is 2.25. The van der Waals surface area contributed by atoms with E-state index in [2.05, 4.69) is 40.4 Å². The minimum Gasteiger partial charge on any atom is -0.399 e. The lowest BCUT2D eigenvalue weighted by Crippen LogP contribution is -1.95. The van der Waals surface area contributed by atoms with Crippen LogP contribution in [0.4, 0.5) is 5.69 Å². The van der Waals surface area contributed by atoms with Crippen LogP contribution < -0.4 is 5.73 Å². The minimum atomic E-state index is 0.821. The molecule has 2 nitrogen and oxygen atoms in total. The smallest absolute Gasteiger partial charge is 0.0569 e. The second-order valence-corrected chi connectivity index (χ2v) is 4.87. The minimum absolute atomic E-state index is 0.821. The Balaban J connectivity index is 2.04. The highest BCUT2D eigenvalue weighted by Gasteiger charge is 2.02. The van der Waals surface area contributed by atoms with Gasteiger partial charge in [0.05, 0.1) is 6.54 Å². The van der Waals surface area contributed by atoms with E-state index in [9.17, 15) is 0 Å². The van der Waals surface area contributed by atoms with Crippen molar-refractivity contribution >= 4 is 27.9 Å². The van der Waals surface area contributed by atoms with E-state index in [1.807, 2.05) is 12.1 Å². The zero-order valence-electron chi connectivity index (χ0n) is 8.76. The van der Waals surface area contributed by atoms with Crippen LogP contribution in [0, 0.1) is 0 Å². The normalized spacial score (nSPS) is 11.0. The number of nitrogen functional groups attached to an aromatic ring is 1. The molecular weight excluding hydrogens is 216 g/mol. The summed E-state index contributed by atoms with van der Waals surface area (Å²) >= 11 is 1.79. The molecule has 0 amide bonds. The van der Waals surface area contributed by atoms with Crippen LogP contribution in [0.1, 0.15) is 4.88 Å². The average molecular weight is 228 g/mol. The molecule has 0 unspecified atom stereocenters.